The monoisotopic (exact) mass is 232 g/mol. The largest absolute Gasteiger partial charge is 0.384 e. The summed E-state index contributed by atoms with van der Waals surface area (Å²) < 4.78 is 0. The van der Waals surface area contributed by atoms with Crippen molar-refractivity contribution >= 4 is 11.6 Å². The molecule has 0 saturated heterocycles. The fraction of sp³-hybridized carbons (Fsp3) is 0.500. The van der Waals surface area contributed by atoms with Crippen molar-refractivity contribution in [3.63, 3.8) is 0 Å². The Morgan fingerprint density at radius 2 is 2.29 bits per heavy atom. The van der Waals surface area contributed by atoms with Gasteiger partial charge in [0.05, 0.1) is 0 Å². The number of anilines is 1. The molecule has 3 nitrogen and oxygen atoms in total. The summed E-state index contributed by atoms with van der Waals surface area (Å²) in [7, 11) is 0. The SMILES string of the molecule is CCCC(=O)NCCC1CNc2ccccc21. The molecule has 1 heterocycles. The first-order chi connectivity index (χ1) is 8.31. The third kappa shape index (κ3) is 2.99. The van der Waals surface area contributed by atoms with E-state index >= 15 is 0 Å². The molecule has 1 unspecified atom stereocenters. The summed E-state index contributed by atoms with van der Waals surface area (Å²) in [5.41, 5.74) is 2.63. The van der Waals surface area contributed by atoms with Crippen LogP contribution < -0.4 is 10.6 Å². The van der Waals surface area contributed by atoms with Gasteiger partial charge in [0, 0.05) is 31.1 Å². The summed E-state index contributed by atoms with van der Waals surface area (Å²) in [5.74, 6) is 0.708. The predicted octanol–water partition coefficient (Wildman–Crippen LogP) is 2.50. The van der Waals surface area contributed by atoms with Gasteiger partial charge in [-0.1, -0.05) is 25.1 Å². The van der Waals surface area contributed by atoms with Crippen molar-refractivity contribution in [1.82, 2.24) is 5.32 Å². The highest BCUT2D eigenvalue weighted by atomic mass is 16.1. The number of rotatable bonds is 5. The molecule has 3 heteroatoms. The Balaban J connectivity index is 1.80. The molecule has 92 valence electrons. The Bertz CT molecular complexity index is 390. The van der Waals surface area contributed by atoms with Crippen molar-refractivity contribution in [3.8, 4) is 0 Å². The topological polar surface area (TPSA) is 41.1 Å². The number of amides is 1. The van der Waals surface area contributed by atoms with Gasteiger partial charge in [0.1, 0.15) is 0 Å². The van der Waals surface area contributed by atoms with Gasteiger partial charge in [-0.2, -0.15) is 0 Å². The van der Waals surface area contributed by atoms with E-state index in [1.165, 1.54) is 11.3 Å². The fourth-order valence-corrected chi connectivity index (χ4v) is 2.32. The third-order valence-corrected chi connectivity index (χ3v) is 3.23. The Morgan fingerprint density at radius 3 is 3.12 bits per heavy atom. The summed E-state index contributed by atoms with van der Waals surface area (Å²) in [5, 5.41) is 6.38. The van der Waals surface area contributed by atoms with E-state index in [2.05, 4.69) is 34.9 Å². The first kappa shape index (κ1) is 12.0. The number of carbonyl (C=O) groups excluding carboxylic acids is 1. The van der Waals surface area contributed by atoms with E-state index in [1.807, 2.05) is 6.92 Å². The van der Waals surface area contributed by atoms with E-state index in [9.17, 15) is 4.79 Å². The molecule has 0 aromatic heterocycles. The number of carbonyl (C=O) groups is 1. The average molecular weight is 232 g/mol. The second-order valence-electron chi connectivity index (χ2n) is 4.55. The quantitative estimate of drug-likeness (QED) is 0.819. The minimum absolute atomic E-state index is 0.173. The van der Waals surface area contributed by atoms with Crippen LogP contribution in [0, 0.1) is 0 Å². The van der Waals surface area contributed by atoms with Crippen LogP contribution in [0.4, 0.5) is 5.69 Å². The van der Waals surface area contributed by atoms with Gasteiger partial charge in [0.25, 0.3) is 0 Å². The molecule has 1 aliphatic rings. The molecule has 1 aliphatic heterocycles. The molecule has 0 spiro atoms. The van der Waals surface area contributed by atoms with Gasteiger partial charge in [0.15, 0.2) is 0 Å². The zero-order chi connectivity index (χ0) is 12.1. The van der Waals surface area contributed by atoms with Crippen molar-refractivity contribution in [2.24, 2.45) is 0 Å². The second kappa shape index (κ2) is 5.71. The minimum Gasteiger partial charge on any atom is -0.384 e. The van der Waals surface area contributed by atoms with Gasteiger partial charge in [0.2, 0.25) is 5.91 Å². The van der Waals surface area contributed by atoms with E-state index in [4.69, 9.17) is 0 Å². The van der Waals surface area contributed by atoms with E-state index in [0.717, 1.165) is 25.9 Å². The summed E-state index contributed by atoms with van der Waals surface area (Å²) in [4.78, 5) is 11.3. The number of nitrogens with one attached hydrogen (secondary N) is 2. The van der Waals surface area contributed by atoms with Gasteiger partial charge in [-0.05, 0) is 24.5 Å². The summed E-state index contributed by atoms with van der Waals surface area (Å²) in [6.07, 6.45) is 2.57. The molecule has 2 N–H and O–H groups in total. The lowest BCUT2D eigenvalue weighted by molar-refractivity contribution is -0.121. The lowest BCUT2D eigenvalue weighted by Crippen LogP contribution is -2.25. The Labute approximate surface area is 103 Å². The maximum atomic E-state index is 11.3. The first-order valence-electron chi connectivity index (χ1n) is 6.40. The molecular weight excluding hydrogens is 212 g/mol. The highest BCUT2D eigenvalue weighted by Gasteiger charge is 2.20. The smallest absolute Gasteiger partial charge is 0.219 e. The lowest BCUT2D eigenvalue weighted by Gasteiger charge is -2.10. The zero-order valence-electron chi connectivity index (χ0n) is 10.3. The van der Waals surface area contributed by atoms with E-state index in [1.54, 1.807) is 0 Å². The molecule has 1 atom stereocenters. The summed E-state index contributed by atoms with van der Waals surface area (Å²) >= 11 is 0. The van der Waals surface area contributed by atoms with Gasteiger partial charge in [-0.15, -0.1) is 0 Å². The van der Waals surface area contributed by atoms with Crippen molar-refractivity contribution in [1.29, 1.82) is 0 Å². The number of hydrogen-bond acceptors (Lipinski definition) is 2. The van der Waals surface area contributed by atoms with Gasteiger partial charge >= 0.3 is 0 Å². The predicted molar refractivity (Wildman–Crippen MR) is 70.2 cm³/mol. The molecule has 0 saturated carbocycles. The standard InChI is InChI=1S/C14H20N2O/c1-2-5-14(17)15-9-8-11-10-16-13-7-4-3-6-12(11)13/h3-4,6-7,11,16H,2,5,8-10H2,1H3,(H,15,17). The second-order valence-corrected chi connectivity index (χ2v) is 4.55. The molecular formula is C14H20N2O. The van der Waals surface area contributed by atoms with Crippen LogP contribution in [0.15, 0.2) is 24.3 Å². The summed E-state index contributed by atoms with van der Waals surface area (Å²) in [6, 6.07) is 8.42. The van der Waals surface area contributed by atoms with Crippen molar-refractivity contribution in [2.75, 3.05) is 18.4 Å². The maximum Gasteiger partial charge on any atom is 0.219 e. The zero-order valence-corrected chi connectivity index (χ0v) is 10.3. The molecule has 2 rings (SSSR count). The van der Waals surface area contributed by atoms with Crippen LogP contribution in [0.3, 0.4) is 0 Å². The van der Waals surface area contributed by atoms with Crippen LogP contribution in [-0.4, -0.2) is 19.0 Å². The minimum atomic E-state index is 0.173. The Morgan fingerprint density at radius 1 is 1.47 bits per heavy atom. The van der Waals surface area contributed by atoms with Gasteiger partial charge in [-0.3, -0.25) is 4.79 Å². The first-order valence-corrected chi connectivity index (χ1v) is 6.40. The lowest BCUT2D eigenvalue weighted by atomic mass is 9.98. The Kier molecular flexibility index (Phi) is 4.02. The summed E-state index contributed by atoms with van der Waals surface area (Å²) in [6.45, 7) is 3.79. The molecule has 1 aromatic rings. The van der Waals surface area contributed by atoms with Crippen LogP contribution >= 0.6 is 0 Å². The van der Waals surface area contributed by atoms with Crippen LogP contribution in [-0.2, 0) is 4.79 Å². The normalized spacial score (nSPS) is 17.4. The molecule has 0 aliphatic carbocycles. The molecule has 0 radical (unpaired) electrons. The maximum absolute atomic E-state index is 11.3. The number of fused-ring (bicyclic) bond motifs is 1. The van der Waals surface area contributed by atoms with E-state index in [-0.39, 0.29) is 5.91 Å². The highest BCUT2D eigenvalue weighted by molar-refractivity contribution is 5.75. The Hall–Kier alpha value is -1.51. The molecule has 0 bridgehead atoms. The third-order valence-electron chi connectivity index (χ3n) is 3.23. The number of para-hydroxylation sites is 1. The van der Waals surface area contributed by atoms with Gasteiger partial charge < -0.3 is 10.6 Å². The molecule has 0 fully saturated rings. The molecule has 1 aromatic carbocycles. The molecule has 1 amide bonds. The fourth-order valence-electron chi connectivity index (χ4n) is 2.32. The van der Waals surface area contributed by atoms with Crippen LogP contribution in [0.1, 0.15) is 37.7 Å². The number of hydrogen-bond donors (Lipinski definition) is 2. The number of benzene rings is 1. The van der Waals surface area contributed by atoms with Crippen LogP contribution in [0.5, 0.6) is 0 Å². The van der Waals surface area contributed by atoms with Crippen molar-refractivity contribution in [2.45, 2.75) is 32.1 Å². The highest BCUT2D eigenvalue weighted by Crippen LogP contribution is 2.32. The van der Waals surface area contributed by atoms with Crippen molar-refractivity contribution in [3.05, 3.63) is 29.8 Å². The average Bonchev–Trinajstić information content (AvgIpc) is 2.73. The van der Waals surface area contributed by atoms with E-state index < -0.39 is 0 Å². The molecule has 17 heavy (non-hydrogen) atoms. The van der Waals surface area contributed by atoms with Crippen LogP contribution in [0.2, 0.25) is 0 Å². The van der Waals surface area contributed by atoms with E-state index in [0.29, 0.717) is 12.3 Å². The van der Waals surface area contributed by atoms with Crippen LogP contribution in [0.25, 0.3) is 0 Å². The van der Waals surface area contributed by atoms with Crippen molar-refractivity contribution < 1.29 is 4.79 Å². The van der Waals surface area contributed by atoms with Gasteiger partial charge in [-0.25, -0.2) is 0 Å².